The van der Waals surface area contributed by atoms with Crippen molar-refractivity contribution >= 4 is 34.1 Å². The van der Waals surface area contributed by atoms with Gasteiger partial charge in [0.1, 0.15) is 0 Å². The molecule has 202 valence electrons. The first-order chi connectivity index (χ1) is 20.6. The lowest BCUT2D eigenvalue weighted by Gasteiger charge is -2.45. The maximum Gasteiger partial charge on any atom is 0.153 e. The van der Waals surface area contributed by atoms with Gasteiger partial charge in [-0.3, -0.25) is 0 Å². The van der Waals surface area contributed by atoms with Gasteiger partial charge in [-0.2, -0.15) is 0 Å². The Bertz CT molecular complexity index is 1890. The molecule has 3 heteroatoms. The van der Waals surface area contributed by atoms with Crippen LogP contribution in [0, 0.1) is 0 Å². The number of hydrogen-bond acceptors (Lipinski definition) is 3. The van der Waals surface area contributed by atoms with Gasteiger partial charge in [0, 0.05) is 28.5 Å². The van der Waals surface area contributed by atoms with Gasteiger partial charge in [-0.05, 0) is 70.8 Å². The van der Waals surface area contributed by atoms with E-state index in [1.54, 1.807) is 0 Å². The Hall–Kier alpha value is -5.28. The van der Waals surface area contributed by atoms with Gasteiger partial charge < -0.3 is 14.5 Å². The largest absolute Gasteiger partial charge is 0.453 e. The van der Waals surface area contributed by atoms with Crippen LogP contribution >= 0.6 is 0 Å². The van der Waals surface area contributed by atoms with E-state index in [9.17, 15) is 0 Å². The van der Waals surface area contributed by atoms with Crippen LogP contribution in [0.3, 0.4) is 0 Å². The van der Waals surface area contributed by atoms with Crippen molar-refractivity contribution in [3.63, 3.8) is 0 Å². The lowest BCUT2D eigenvalue weighted by atomic mass is 9.72. The summed E-state index contributed by atoms with van der Waals surface area (Å²) in [5, 5.41) is 0. The van der Waals surface area contributed by atoms with Gasteiger partial charge in [0.25, 0.3) is 0 Å². The molecule has 2 aliphatic rings. The van der Waals surface area contributed by atoms with Crippen LogP contribution in [0.2, 0.25) is 0 Å². The minimum Gasteiger partial charge on any atom is -0.453 e. The molecular formula is C39H30N2O. The van der Waals surface area contributed by atoms with E-state index in [4.69, 9.17) is 4.74 Å². The molecule has 6 aromatic carbocycles. The molecule has 0 aromatic heterocycles. The average molecular weight is 543 g/mol. The molecule has 3 nitrogen and oxygen atoms in total. The van der Waals surface area contributed by atoms with E-state index in [1.165, 1.54) is 27.9 Å². The summed E-state index contributed by atoms with van der Waals surface area (Å²) in [6.07, 6.45) is 0. The van der Waals surface area contributed by atoms with E-state index >= 15 is 0 Å². The number of rotatable bonds is 4. The maximum atomic E-state index is 6.74. The molecule has 0 unspecified atom stereocenters. The Kier molecular flexibility index (Phi) is 5.48. The highest BCUT2D eigenvalue weighted by Crippen LogP contribution is 2.60. The normalized spacial score (nSPS) is 13.8. The first kappa shape index (κ1) is 24.5. The second kappa shape index (κ2) is 9.39. The summed E-state index contributed by atoms with van der Waals surface area (Å²) in [5.41, 5.74) is 11.4. The SMILES string of the molecule is CC1(C)c2ccc(-c3ccccc3)cc2N2c3ccc(N(c4ccccc4)c4ccccc4)cc3Oc3cccc1c32. The van der Waals surface area contributed by atoms with Crippen LogP contribution in [-0.2, 0) is 5.41 Å². The molecule has 8 rings (SSSR count). The van der Waals surface area contributed by atoms with Crippen molar-refractivity contribution in [2.24, 2.45) is 0 Å². The molecule has 42 heavy (non-hydrogen) atoms. The first-order valence-corrected chi connectivity index (χ1v) is 14.5. The van der Waals surface area contributed by atoms with Gasteiger partial charge >= 0.3 is 0 Å². The second-order valence-corrected chi connectivity index (χ2v) is 11.5. The zero-order chi connectivity index (χ0) is 28.3. The molecule has 0 N–H and O–H groups in total. The van der Waals surface area contributed by atoms with E-state index in [-0.39, 0.29) is 5.41 Å². The summed E-state index contributed by atoms with van der Waals surface area (Å²) in [5.74, 6) is 1.72. The Morgan fingerprint density at radius 2 is 1.17 bits per heavy atom. The van der Waals surface area contributed by atoms with Crippen LogP contribution in [0.1, 0.15) is 25.0 Å². The number of hydrogen-bond donors (Lipinski definition) is 0. The summed E-state index contributed by atoms with van der Waals surface area (Å²) >= 11 is 0. The highest BCUT2D eigenvalue weighted by atomic mass is 16.5. The van der Waals surface area contributed by atoms with Gasteiger partial charge in [-0.15, -0.1) is 0 Å². The molecule has 0 saturated carbocycles. The van der Waals surface area contributed by atoms with Crippen molar-refractivity contribution < 1.29 is 4.74 Å². The molecule has 6 aromatic rings. The highest BCUT2D eigenvalue weighted by Gasteiger charge is 2.41. The predicted octanol–water partition coefficient (Wildman–Crippen LogP) is 11.0. The van der Waals surface area contributed by atoms with Crippen molar-refractivity contribution in [2.75, 3.05) is 9.80 Å². The minimum absolute atomic E-state index is 0.176. The number of para-hydroxylation sites is 3. The minimum atomic E-state index is -0.176. The molecule has 2 heterocycles. The number of ether oxygens (including phenoxy) is 1. The predicted molar refractivity (Wildman–Crippen MR) is 173 cm³/mol. The molecule has 2 aliphatic heterocycles. The van der Waals surface area contributed by atoms with Crippen LogP contribution in [0.15, 0.2) is 146 Å². The topological polar surface area (TPSA) is 15.7 Å². The Balaban J connectivity index is 1.33. The molecule has 0 aliphatic carbocycles. The summed E-state index contributed by atoms with van der Waals surface area (Å²) in [6.45, 7) is 4.63. The molecule has 0 spiro atoms. The Morgan fingerprint density at radius 3 is 1.86 bits per heavy atom. The van der Waals surface area contributed by atoms with Crippen molar-refractivity contribution in [1.29, 1.82) is 0 Å². The van der Waals surface area contributed by atoms with Crippen molar-refractivity contribution in [3.8, 4) is 22.6 Å². The average Bonchev–Trinajstić information content (AvgIpc) is 3.04. The van der Waals surface area contributed by atoms with Crippen molar-refractivity contribution in [1.82, 2.24) is 0 Å². The molecule has 0 bridgehead atoms. The van der Waals surface area contributed by atoms with E-state index < -0.39 is 0 Å². The third-order valence-electron chi connectivity index (χ3n) is 8.61. The zero-order valence-electron chi connectivity index (χ0n) is 23.7. The summed E-state index contributed by atoms with van der Waals surface area (Å²) in [6, 6.07) is 51.6. The molecule has 0 radical (unpaired) electrons. The van der Waals surface area contributed by atoms with Crippen LogP contribution in [0.25, 0.3) is 11.1 Å². The molecule has 0 fully saturated rings. The Labute approximate surface area is 246 Å². The van der Waals surface area contributed by atoms with Crippen molar-refractivity contribution in [3.05, 3.63) is 157 Å². The fourth-order valence-corrected chi connectivity index (χ4v) is 6.54. The smallest absolute Gasteiger partial charge is 0.153 e. The van der Waals surface area contributed by atoms with Gasteiger partial charge in [-0.1, -0.05) is 105 Å². The standard InChI is InChI=1S/C39H30N2O/c1-39(2)32-23-21-28(27-13-6-3-7-14-27)25-35(32)41-34-24-22-31(26-37(34)42-36-20-12-19-33(39)38(36)41)40(29-15-8-4-9-16-29)30-17-10-5-11-18-30/h3-26H,1-2H3. The zero-order valence-corrected chi connectivity index (χ0v) is 23.7. The van der Waals surface area contributed by atoms with Gasteiger partial charge in [-0.25, -0.2) is 0 Å². The maximum absolute atomic E-state index is 6.74. The monoisotopic (exact) mass is 542 g/mol. The quantitative estimate of drug-likeness (QED) is 0.220. The third kappa shape index (κ3) is 3.74. The van der Waals surface area contributed by atoms with E-state index in [2.05, 4.69) is 169 Å². The third-order valence-corrected chi connectivity index (χ3v) is 8.61. The van der Waals surface area contributed by atoms with E-state index in [0.29, 0.717) is 0 Å². The van der Waals surface area contributed by atoms with Crippen molar-refractivity contribution in [2.45, 2.75) is 19.3 Å². The van der Waals surface area contributed by atoms with Crippen LogP contribution in [-0.4, -0.2) is 0 Å². The molecule has 0 saturated heterocycles. The Morgan fingerprint density at radius 1 is 0.500 bits per heavy atom. The molecular weight excluding hydrogens is 512 g/mol. The summed E-state index contributed by atoms with van der Waals surface area (Å²) in [4.78, 5) is 4.69. The van der Waals surface area contributed by atoms with Crippen LogP contribution in [0.4, 0.5) is 34.1 Å². The number of nitrogens with zero attached hydrogens (tertiary/aromatic N) is 2. The van der Waals surface area contributed by atoms with E-state index in [1.807, 2.05) is 0 Å². The highest BCUT2D eigenvalue weighted by molar-refractivity contribution is 5.95. The molecule has 0 amide bonds. The van der Waals surface area contributed by atoms with Crippen LogP contribution < -0.4 is 14.5 Å². The fourth-order valence-electron chi connectivity index (χ4n) is 6.54. The first-order valence-electron chi connectivity index (χ1n) is 14.5. The van der Waals surface area contributed by atoms with E-state index in [0.717, 1.165) is 39.9 Å². The fraction of sp³-hybridized carbons (Fsp3) is 0.0769. The number of anilines is 6. The molecule has 0 atom stereocenters. The lowest BCUT2D eigenvalue weighted by molar-refractivity contribution is 0.471. The lowest BCUT2D eigenvalue weighted by Crippen LogP contribution is -2.32. The second-order valence-electron chi connectivity index (χ2n) is 11.5. The summed E-state index contributed by atoms with van der Waals surface area (Å²) in [7, 11) is 0. The number of benzene rings is 6. The van der Waals surface area contributed by atoms with Crippen LogP contribution in [0.5, 0.6) is 11.5 Å². The van der Waals surface area contributed by atoms with Gasteiger partial charge in [0.15, 0.2) is 11.5 Å². The van der Waals surface area contributed by atoms with Gasteiger partial charge in [0.05, 0.1) is 17.1 Å². The summed E-state index contributed by atoms with van der Waals surface area (Å²) < 4.78 is 6.74. The van der Waals surface area contributed by atoms with Gasteiger partial charge in [0.2, 0.25) is 0 Å². The number of fused-ring (bicyclic) bond motifs is 4.